The fourth-order valence-corrected chi connectivity index (χ4v) is 3.25. The third-order valence-electron chi connectivity index (χ3n) is 3.79. The van der Waals surface area contributed by atoms with E-state index in [2.05, 4.69) is 24.3 Å². The highest BCUT2D eigenvalue weighted by Gasteiger charge is 2.28. The monoisotopic (exact) mass is 593 g/mol. The molecule has 2 rings (SSSR count). The fraction of sp³-hybridized carbons (Fsp3) is 0.643. The second-order valence-corrected chi connectivity index (χ2v) is 10.8. The van der Waals surface area contributed by atoms with E-state index in [-0.39, 0.29) is 11.7 Å². The molecule has 1 heterocycles. The molecule has 5 N–H and O–H groups in total. The van der Waals surface area contributed by atoms with Gasteiger partial charge in [0.15, 0.2) is 0 Å². The Balaban J connectivity index is -0.000000211. The van der Waals surface area contributed by atoms with Gasteiger partial charge in [-0.05, 0) is 45.2 Å². The molecule has 0 aliphatic carbocycles. The van der Waals surface area contributed by atoms with Crippen molar-refractivity contribution in [1.82, 2.24) is 10.4 Å². The van der Waals surface area contributed by atoms with E-state index in [1.54, 1.807) is 0 Å². The number of halogens is 1. The zero-order valence-electron chi connectivity index (χ0n) is 26.3. The number of nitrogens with two attached hydrogens (primary N) is 2. The number of primary sulfonamides is 1. The average molecular weight is 594 g/mol. The van der Waals surface area contributed by atoms with Gasteiger partial charge in [-0.2, -0.15) is 0 Å². The van der Waals surface area contributed by atoms with E-state index < -0.39 is 15.3 Å². The van der Waals surface area contributed by atoms with Crippen LogP contribution in [-0.4, -0.2) is 50.3 Å². The van der Waals surface area contributed by atoms with E-state index >= 15 is 0 Å². The van der Waals surface area contributed by atoms with E-state index in [0.717, 1.165) is 17.5 Å². The summed E-state index contributed by atoms with van der Waals surface area (Å²) in [6.07, 6.45) is 5.05. The fourth-order valence-electron chi connectivity index (χ4n) is 2.19. The minimum Gasteiger partial charge on any atom is -0.443 e. The maximum Gasteiger partial charge on any atom is 0.426 e. The van der Waals surface area contributed by atoms with Crippen molar-refractivity contribution < 1.29 is 17.9 Å². The third kappa shape index (κ3) is 27.2. The molecule has 1 aromatic rings. The highest BCUT2D eigenvalue weighted by Crippen LogP contribution is 2.20. The number of aryl methyl sites for hydroxylation is 1. The molecule has 0 saturated carbocycles. The van der Waals surface area contributed by atoms with Crippen LogP contribution in [0, 0.1) is 6.92 Å². The summed E-state index contributed by atoms with van der Waals surface area (Å²) >= 11 is 5.83. The molecule has 11 heteroatoms. The molecule has 39 heavy (non-hydrogen) atoms. The molecule has 1 saturated heterocycles. The summed E-state index contributed by atoms with van der Waals surface area (Å²) in [5.41, 5.74) is 9.74. The summed E-state index contributed by atoms with van der Waals surface area (Å²) in [6.45, 7) is 22.3. The number of carbonyl (C=O) groups is 1. The molecule has 1 fully saturated rings. The number of hydrogen-bond acceptors (Lipinski definition) is 7. The van der Waals surface area contributed by atoms with Crippen LogP contribution in [0.15, 0.2) is 35.5 Å². The van der Waals surface area contributed by atoms with Gasteiger partial charge in [0.05, 0.1) is 5.03 Å². The maximum atomic E-state index is 10.9. The van der Waals surface area contributed by atoms with Gasteiger partial charge in [0.2, 0.25) is 10.0 Å². The number of rotatable bonds is 5. The van der Waals surface area contributed by atoms with Gasteiger partial charge in [-0.15, -0.1) is 0 Å². The first-order chi connectivity index (χ1) is 18.2. The van der Waals surface area contributed by atoms with Crippen molar-refractivity contribution in [3.05, 3.63) is 41.6 Å². The molecule has 0 bridgehead atoms. The topological polar surface area (TPSA) is 150 Å². The number of hydrogen-bond donors (Lipinski definition) is 3. The molecule has 0 aromatic heterocycles. The van der Waals surface area contributed by atoms with Gasteiger partial charge in [0, 0.05) is 19.5 Å². The van der Waals surface area contributed by atoms with Crippen LogP contribution in [0.2, 0.25) is 0 Å². The van der Waals surface area contributed by atoms with Crippen molar-refractivity contribution in [1.29, 1.82) is 0 Å². The minimum absolute atomic E-state index is 0.299. The van der Waals surface area contributed by atoms with Crippen LogP contribution in [0.3, 0.4) is 0 Å². The van der Waals surface area contributed by atoms with Crippen LogP contribution in [0.4, 0.5) is 4.79 Å². The summed E-state index contributed by atoms with van der Waals surface area (Å²) in [5, 5.41) is 6.33. The van der Waals surface area contributed by atoms with Crippen LogP contribution in [0.25, 0.3) is 5.03 Å². The van der Waals surface area contributed by atoms with Crippen molar-refractivity contribution in [3.63, 3.8) is 0 Å². The SMILES string of the molecule is CC.CC.CC(C)(C)OC(=O)N1CN1.CCC.CCCC(C=NC)S(N)(=O)=O.Cc1ccccc1/C(Cl)=C\N. The molecule has 9 nitrogen and oxygen atoms in total. The number of amides is 1. The molecule has 1 unspecified atom stereocenters. The molecule has 230 valence electrons. The lowest BCUT2D eigenvalue weighted by atomic mass is 10.1. The van der Waals surface area contributed by atoms with Gasteiger partial charge in [-0.25, -0.2) is 28.8 Å². The molecule has 1 aliphatic rings. The lowest BCUT2D eigenvalue weighted by molar-refractivity contribution is 0.0402. The Labute approximate surface area is 244 Å². The largest absolute Gasteiger partial charge is 0.443 e. The average Bonchev–Trinajstić information content (AvgIpc) is 3.72. The zero-order valence-corrected chi connectivity index (χ0v) is 27.9. The number of sulfonamides is 1. The van der Waals surface area contributed by atoms with E-state index in [1.165, 1.54) is 30.9 Å². The minimum atomic E-state index is -3.44. The van der Waals surface area contributed by atoms with Crippen LogP contribution < -0.4 is 16.3 Å². The Bertz CT molecular complexity index is 897. The standard InChI is InChI=1S/C9H10ClN.C6H14N2O2S.C6H12N2O2.C3H8.2C2H6/c1-7-4-2-3-5-8(7)9(10)6-11;1-3-4-6(5-8-2)11(7,9)10;1-6(2,3)10-5(9)8-4-7-8;1-3-2;2*1-2/h2-6H,11H2,1H3;5-6H,3-4H2,1-2H3,(H2,7,9,10);7H,4H2,1-3H3;3H2,1-2H3;2*1-2H3/b9-6+;;;;;. The lowest BCUT2D eigenvalue weighted by Gasteiger charge is -2.18. The third-order valence-corrected chi connectivity index (χ3v) is 5.32. The molecule has 1 amide bonds. The molecular weight excluding hydrogens is 538 g/mol. The first kappa shape index (κ1) is 43.9. The Kier molecular flexibility index (Phi) is 29.4. The highest BCUT2D eigenvalue weighted by molar-refractivity contribution is 7.90. The summed E-state index contributed by atoms with van der Waals surface area (Å²) in [4.78, 5) is 14.5. The number of benzene rings is 1. The number of hydrazine groups is 1. The van der Waals surface area contributed by atoms with E-state index in [9.17, 15) is 13.2 Å². The number of carbonyl (C=O) groups excluding carboxylic acids is 1. The predicted octanol–water partition coefficient (Wildman–Crippen LogP) is 6.80. The summed E-state index contributed by atoms with van der Waals surface area (Å²) in [7, 11) is -1.90. The smallest absolute Gasteiger partial charge is 0.426 e. The first-order valence-electron chi connectivity index (χ1n) is 13.5. The van der Waals surface area contributed by atoms with Gasteiger partial charge in [-0.1, -0.05) is 97.2 Å². The van der Waals surface area contributed by atoms with Crippen LogP contribution in [0.1, 0.15) is 99.6 Å². The second kappa shape index (κ2) is 26.1. The Morgan fingerprint density at radius 2 is 1.64 bits per heavy atom. The van der Waals surface area contributed by atoms with Gasteiger partial charge in [0.25, 0.3) is 0 Å². The van der Waals surface area contributed by atoms with Gasteiger partial charge in [0.1, 0.15) is 17.5 Å². The van der Waals surface area contributed by atoms with Crippen LogP contribution in [-0.2, 0) is 14.8 Å². The summed E-state index contributed by atoms with van der Waals surface area (Å²) in [6, 6.07) is 7.86. The van der Waals surface area contributed by atoms with Crippen molar-refractivity contribution >= 4 is 39.0 Å². The molecule has 0 radical (unpaired) electrons. The van der Waals surface area contributed by atoms with Crippen LogP contribution >= 0.6 is 11.6 Å². The molecule has 1 aromatic carbocycles. The van der Waals surface area contributed by atoms with Crippen molar-refractivity contribution in [2.75, 3.05) is 13.7 Å². The summed E-state index contributed by atoms with van der Waals surface area (Å²) in [5.74, 6) is 0. The van der Waals surface area contributed by atoms with Crippen molar-refractivity contribution in [2.24, 2.45) is 15.9 Å². The molecule has 1 aliphatic heterocycles. The van der Waals surface area contributed by atoms with Crippen molar-refractivity contribution in [3.8, 4) is 0 Å². The van der Waals surface area contributed by atoms with Crippen molar-refractivity contribution in [2.45, 2.75) is 106 Å². The predicted molar refractivity (Wildman–Crippen MR) is 170 cm³/mol. The number of nitrogens with zero attached hydrogens (tertiary/aromatic N) is 2. The summed E-state index contributed by atoms with van der Waals surface area (Å²) < 4.78 is 26.6. The lowest BCUT2D eigenvalue weighted by Crippen LogP contribution is -2.29. The number of ether oxygens (including phenoxy) is 1. The van der Waals surface area contributed by atoms with Gasteiger partial charge < -0.3 is 10.5 Å². The Morgan fingerprint density at radius 1 is 1.18 bits per heavy atom. The van der Waals surface area contributed by atoms with Gasteiger partial charge in [-0.3, -0.25) is 4.99 Å². The molecule has 1 atom stereocenters. The normalized spacial score (nSPS) is 12.8. The van der Waals surface area contributed by atoms with Crippen LogP contribution in [0.5, 0.6) is 0 Å². The zero-order chi connectivity index (χ0) is 31.7. The quantitative estimate of drug-likeness (QED) is 0.252. The first-order valence-corrected chi connectivity index (χ1v) is 15.5. The maximum absolute atomic E-state index is 10.9. The number of aliphatic imine (C=N–C) groups is 1. The Hall–Kier alpha value is -2.14. The molecular formula is C28H56ClN5O4S. The Morgan fingerprint density at radius 3 is 1.95 bits per heavy atom. The van der Waals surface area contributed by atoms with E-state index in [4.69, 9.17) is 27.2 Å². The van der Waals surface area contributed by atoms with Gasteiger partial charge >= 0.3 is 6.09 Å². The van der Waals surface area contributed by atoms with E-state index in [0.29, 0.717) is 18.1 Å². The highest BCUT2D eigenvalue weighted by atomic mass is 35.5. The molecule has 0 spiro atoms. The number of nitrogens with one attached hydrogen (secondary N) is 1. The second-order valence-electron chi connectivity index (χ2n) is 8.58. The van der Waals surface area contributed by atoms with E-state index in [1.807, 2.05) is 86.6 Å².